The lowest BCUT2D eigenvalue weighted by molar-refractivity contribution is -0.148. The van der Waals surface area contributed by atoms with Crippen molar-refractivity contribution in [3.63, 3.8) is 0 Å². The maximum Gasteiger partial charge on any atom is 0.309 e. The van der Waals surface area contributed by atoms with Gasteiger partial charge in [0.15, 0.2) is 0 Å². The van der Waals surface area contributed by atoms with Crippen LogP contribution in [-0.2, 0) is 4.79 Å². The summed E-state index contributed by atoms with van der Waals surface area (Å²) in [6.07, 6.45) is 27.4. The minimum absolute atomic E-state index is 0.0876. The lowest BCUT2D eigenvalue weighted by Gasteiger charge is -2.25. The summed E-state index contributed by atoms with van der Waals surface area (Å²) in [5.41, 5.74) is 0. The molecule has 0 fully saturated rings. The first-order valence-corrected chi connectivity index (χ1v) is 11.4. The Balaban J connectivity index is 4.44. The molecule has 0 aromatic carbocycles. The van der Waals surface area contributed by atoms with E-state index in [2.05, 4.69) is 62.5 Å². The highest BCUT2D eigenvalue weighted by Gasteiger charge is 2.32. The number of allylic oxidation sites excluding steroid dienone is 10. The fraction of sp³-hybridized carbons (Fsp3) is 0.577. The van der Waals surface area contributed by atoms with Crippen molar-refractivity contribution in [2.24, 2.45) is 11.8 Å². The third kappa shape index (κ3) is 15.0. The van der Waals surface area contributed by atoms with E-state index in [4.69, 9.17) is 5.11 Å². The summed E-state index contributed by atoms with van der Waals surface area (Å²) in [5, 5.41) is 28.8. The van der Waals surface area contributed by atoms with Crippen molar-refractivity contribution in [1.29, 1.82) is 0 Å². The first-order valence-electron chi connectivity index (χ1n) is 11.4. The minimum Gasteiger partial charge on any atom is -0.481 e. The number of aliphatic carboxylic acids is 1. The summed E-state index contributed by atoms with van der Waals surface area (Å²) in [4.78, 5) is 11.7. The molecule has 0 spiro atoms. The van der Waals surface area contributed by atoms with E-state index in [9.17, 15) is 15.0 Å². The highest BCUT2D eigenvalue weighted by Crippen LogP contribution is 2.26. The first kappa shape index (κ1) is 28.1. The quantitative estimate of drug-likeness (QED) is 0.239. The van der Waals surface area contributed by atoms with Gasteiger partial charge in [-0.05, 0) is 50.9 Å². The summed E-state index contributed by atoms with van der Waals surface area (Å²) in [6.45, 7) is 3.99. The fourth-order valence-corrected chi connectivity index (χ4v) is 3.19. The van der Waals surface area contributed by atoms with Crippen LogP contribution in [0.3, 0.4) is 0 Å². The molecule has 170 valence electrons. The largest absolute Gasteiger partial charge is 0.481 e. The summed E-state index contributed by atoms with van der Waals surface area (Å²) < 4.78 is 0. The number of hydrogen-bond acceptors (Lipinski definition) is 3. The second-order valence-corrected chi connectivity index (χ2v) is 7.41. The van der Waals surface area contributed by atoms with Crippen LogP contribution in [0.4, 0.5) is 0 Å². The Labute approximate surface area is 183 Å². The van der Waals surface area contributed by atoms with Crippen LogP contribution >= 0.6 is 0 Å². The predicted molar refractivity (Wildman–Crippen MR) is 126 cm³/mol. The summed E-state index contributed by atoms with van der Waals surface area (Å²) >= 11 is 0. The van der Waals surface area contributed by atoms with Crippen LogP contribution in [0.5, 0.6) is 0 Å². The highest BCUT2D eigenvalue weighted by atomic mass is 16.4. The van der Waals surface area contributed by atoms with Gasteiger partial charge in [0.05, 0.1) is 12.0 Å². The van der Waals surface area contributed by atoms with Crippen LogP contribution in [-0.4, -0.2) is 34.0 Å². The number of hydrogen-bond donors (Lipinski definition) is 3. The zero-order valence-corrected chi connectivity index (χ0v) is 18.8. The van der Waals surface area contributed by atoms with Crippen LogP contribution in [0.25, 0.3) is 0 Å². The normalized spacial score (nSPS) is 15.9. The van der Waals surface area contributed by atoms with Gasteiger partial charge in [0.25, 0.3) is 0 Å². The Morgan fingerprint density at radius 1 is 0.800 bits per heavy atom. The lowest BCUT2D eigenvalue weighted by atomic mass is 9.82. The molecule has 0 bridgehead atoms. The van der Waals surface area contributed by atoms with Gasteiger partial charge >= 0.3 is 5.97 Å². The zero-order valence-electron chi connectivity index (χ0n) is 18.8. The molecule has 2 unspecified atom stereocenters. The molecule has 0 aliphatic heterocycles. The van der Waals surface area contributed by atoms with Gasteiger partial charge in [0, 0.05) is 6.61 Å². The summed E-state index contributed by atoms with van der Waals surface area (Å²) in [5.74, 6) is -2.11. The molecule has 3 N–H and O–H groups in total. The average molecular weight is 419 g/mol. The molecule has 3 atom stereocenters. The number of unbranched alkanes of at least 4 members (excludes halogenated alkanes) is 1. The molecule has 0 saturated heterocycles. The summed E-state index contributed by atoms with van der Waals surface area (Å²) in [6, 6.07) is 0. The standard InChI is InChI=1S/C26H42O4/c1-3-5-7-8-9-10-11-12-13-14-15-16-17-18-20-23(19-6-4-2)25(26(29)30)24(28)21-22-27/h5,7,9-10,12-13,15-16,18,20,23-25,27-28H,3-4,6,8,11,14,17,19,21-22H2,1-2H3,(H,29,30)/t23?,24-,25?/m1/s1. The maximum atomic E-state index is 11.7. The fourth-order valence-electron chi connectivity index (χ4n) is 3.19. The van der Waals surface area contributed by atoms with Gasteiger partial charge in [-0.2, -0.15) is 0 Å². The van der Waals surface area contributed by atoms with Gasteiger partial charge in [0.1, 0.15) is 0 Å². The highest BCUT2D eigenvalue weighted by molar-refractivity contribution is 5.71. The van der Waals surface area contributed by atoms with E-state index in [1.54, 1.807) is 0 Å². The number of rotatable bonds is 18. The van der Waals surface area contributed by atoms with E-state index in [-0.39, 0.29) is 18.9 Å². The average Bonchev–Trinajstić information content (AvgIpc) is 2.71. The van der Waals surface area contributed by atoms with Crippen molar-refractivity contribution in [3.8, 4) is 0 Å². The van der Waals surface area contributed by atoms with Crippen molar-refractivity contribution in [3.05, 3.63) is 60.8 Å². The molecule has 0 aliphatic rings. The number of aliphatic hydroxyl groups is 2. The number of carboxylic acids is 1. The van der Waals surface area contributed by atoms with Gasteiger partial charge in [-0.3, -0.25) is 4.79 Å². The van der Waals surface area contributed by atoms with Gasteiger partial charge < -0.3 is 15.3 Å². The molecule has 0 aliphatic carbocycles. The van der Waals surface area contributed by atoms with Crippen LogP contribution in [0.2, 0.25) is 0 Å². The molecule has 0 radical (unpaired) electrons. The monoisotopic (exact) mass is 418 g/mol. The smallest absolute Gasteiger partial charge is 0.309 e. The number of carbonyl (C=O) groups is 1. The minimum atomic E-state index is -1.03. The van der Waals surface area contributed by atoms with Gasteiger partial charge in [0.2, 0.25) is 0 Å². The van der Waals surface area contributed by atoms with Crippen molar-refractivity contribution in [2.45, 2.75) is 77.7 Å². The van der Waals surface area contributed by atoms with Gasteiger partial charge in [-0.15, -0.1) is 0 Å². The third-order valence-corrected chi connectivity index (χ3v) is 4.85. The van der Waals surface area contributed by atoms with Crippen LogP contribution < -0.4 is 0 Å². The van der Waals surface area contributed by atoms with Crippen molar-refractivity contribution < 1.29 is 20.1 Å². The van der Waals surface area contributed by atoms with E-state index in [1.165, 1.54) is 0 Å². The molecule has 0 aromatic rings. The molecule has 4 heteroatoms. The Morgan fingerprint density at radius 2 is 1.30 bits per heavy atom. The van der Waals surface area contributed by atoms with Crippen LogP contribution in [0.1, 0.15) is 71.6 Å². The second-order valence-electron chi connectivity index (χ2n) is 7.41. The Morgan fingerprint density at radius 3 is 1.73 bits per heavy atom. The Kier molecular flexibility index (Phi) is 19.1. The van der Waals surface area contributed by atoms with Crippen LogP contribution in [0.15, 0.2) is 60.8 Å². The van der Waals surface area contributed by atoms with Crippen molar-refractivity contribution in [2.75, 3.05) is 6.61 Å². The van der Waals surface area contributed by atoms with Gasteiger partial charge in [-0.1, -0.05) is 87.4 Å². The molecule has 0 saturated carbocycles. The van der Waals surface area contributed by atoms with Crippen molar-refractivity contribution >= 4 is 5.97 Å². The number of aliphatic hydroxyl groups excluding tert-OH is 2. The van der Waals surface area contributed by atoms with E-state index in [0.717, 1.165) is 51.4 Å². The SMILES string of the molecule is CCC=CCC=CCC=CCC=CCC=CC(CCCC)C(C(=O)O)[C@H](O)CCO. The maximum absolute atomic E-state index is 11.7. The Hall–Kier alpha value is -1.91. The van der Waals surface area contributed by atoms with E-state index in [0.29, 0.717) is 0 Å². The molecular weight excluding hydrogens is 376 g/mol. The van der Waals surface area contributed by atoms with E-state index < -0.39 is 18.0 Å². The van der Waals surface area contributed by atoms with E-state index in [1.807, 2.05) is 12.2 Å². The predicted octanol–water partition coefficient (Wildman–Crippen LogP) is 5.99. The summed E-state index contributed by atoms with van der Waals surface area (Å²) in [7, 11) is 0. The molecule has 0 aromatic heterocycles. The van der Waals surface area contributed by atoms with E-state index >= 15 is 0 Å². The third-order valence-electron chi connectivity index (χ3n) is 4.85. The molecule has 0 heterocycles. The molecule has 0 rings (SSSR count). The second kappa shape index (κ2) is 20.4. The number of carboxylic acid groups (broad SMARTS) is 1. The molecule has 30 heavy (non-hydrogen) atoms. The van der Waals surface area contributed by atoms with Crippen LogP contribution in [0, 0.1) is 11.8 Å². The first-order chi connectivity index (χ1) is 14.6. The lowest BCUT2D eigenvalue weighted by Crippen LogP contribution is -2.34. The molecular formula is C26H42O4. The molecule has 0 amide bonds. The van der Waals surface area contributed by atoms with Gasteiger partial charge in [-0.25, -0.2) is 0 Å². The van der Waals surface area contributed by atoms with Crippen molar-refractivity contribution in [1.82, 2.24) is 0 Å². The molecule has 4 nitrogen and oxygen atoms in total. The Bertz CT molecular complexity index is 557. The zero-order chi connectivity index (χ0) is 22.5. The topological polar surface area (TPSA) is 77.8 Å².